The molecule has 3 heteroatoms. The van der Waals surface area contributed by atoms with Gasteiger partial charge in [0.15, 0.2) is 0 Å². The molecule has 1 saturated carbocycles. The van der Waals surface area contributed by atoms with Crippen LogP contribution in [0.15, 0.2) is 12.1 Å². The van der Waals surface area contributed by atoms with Gasteiger partial charge in [0.25, 0.3) is 0 Å². The van der Waals surface area contributed by atoms with Gasteiger partial charge >= 0.3 is 0 Å². The molecule has 3 nitrogen and oxygen atoms in total. The lowest BCUT2D eigenvalue weighted by Crippen LogP contribution is -2.34. The first-order valence-electron chi connectivity index (χ1n) is 8.06. The van der Waals surface area contributed by atoms with E-state index in [2.05, 4.69) is 38.2 Å². The molecular weight excluding hydrogens is 262 g/mol. The van der Waals surface area contributed by atoms with Crippen molar-refractivity contribution in [1.29, 1.82) is 0 Å². The number of aryl methyl sites for hydroxylation is 3. The van der Waals surface area contributed by atoms with Crippen LogP contribution in [0.1, 0.15) is 48.8 Å². The second-order valence-electron chi connectivity index (χ2n) is 6.20. The minimum atomic E-state index is 0.204. The molecule has 0 unspecified atom stereocenters. The summed E-state index contributed by atoms with van der Waals surface area (Å²) in [6.07, 6.45) is 5.75. The smallest absolute Gasteiger partial charge is 0.223 e. The first-order chi connectivity index (χ1) is 10.1. The van der Waals surface area contributed by atoms with Gasteiger partial charge in [-0.25, -0.2) is 0 Å². The molecule has 0 heterocycles. The Kier molecular flexibility index (Phi) is 5.66. The number of hydrogen-bond acceptors (Lipinski definition) is 2. The van der Waals surface area contributed by atoms with E-state index in [1.165, 1.54) is 24.8 Å². The molecule has 116 valence electrons. The predicted molar refractivity (Wildman–Crippen MR) is 85.7 cm³/mol. The van der Waals surface area contributed by atoms with E-state index in [9.17, 15) is 4.79 Å². The Morgan fingerprint density at radius 1 is 1.14 bits per heavy atom. The van der Waals surface area contributed by atoms with Gasteiger partial charge in [-0.15, -0.1) is 0 Å². The summed E-state index contributed by atoms with van der Waals surface area (Å²) in [7, 11) is 0. The molecule has 21 heavy (non-hydrogen) atoms. The normalized spacial score (nSPS) is 15.8. The van der Waals surface area contributed by atoms with Crippen LogP contribution < -0.4 is 10.1 Å². The van der Waals surface area contributed by atoms with Crippen LogP contribution in [0.4, 0.5) is 0 Å². The lowest BCUT2D eigenvalue weighted by molar-refractivity contribution is -0.126. The number of carbonyl (C=O) groups excluding carboxylic acids is 1. The van der Waals surface area contributed by atoms with Crippen LogP contribution in [0, 0.1) is 26.7 Å². The van der Waals surface area contributed by atoms with Gasteiger partial charge in [0.2, 0.25) is 5.91 Å². The molecule has 1 amide bonds. The third-order valence-corrected chi connectivity index (χ3v) is 4.23. The SMILES string of the molecule is Cc1cc(C)c(OCCNC(=O)C2CCCCC2)c(C)c1. The first-order valence-corrected chi connectivity index (χ1v) is 8.06. The van der Waals surface area contributed by atoms with E-state index in [4.69, 9.17) is 4.74 Å². The maximum absolute atomic E-state index is 12.0. The van der Waals surface area contributed by atoms with Gasteiger partial charge in [-0.3, -0.25) is 4.79 Å². The highest BCUT2D eigenvalue weighted by molar-refractivity contribution is 5.78. The monoisotopic (exact) mass is 289 g/mol. The molecule has 0 aliphatic heterocycles. The van der Waals surface area contributed by atoms with E-state index >= 15 is 0 Å². The molecule has 0 radical (unpaired) electrons. The quantitative estimate of drug-likeness (QED) is 0.840. The van der Waals surface area contributed by atoms with E-state index in [0.717, 1.165) is 29.7 Å². The standard InChI is InChI=1S/C18H27NO2/c1-13-11-14(2)17(15(3)12-13)21-10-9-19-18(20)16-7-5-4-6-8-16/h11-12,16H,4-10H2,1-3H3,(H,19,20). The van der Waals surface area contributed by atoms with E-state index in [1.54, 1.807) is 0 Å². The summed E-state index contributed by atoms with van der Waals surface area (Å²) in [6, 6.07) is 4.26. The van der Waals surface area contributed by atoms with Crippen LogP contribution in [0.5, 0.6) is 5.75 Å². The molecule has 1 aromatic rings. The van der Waals surface area contributed by atoms with Crippen molar-refractivity contribution in [1.82, 2.24) is 5.32 Å². The average molecular weight is 289 g/mol. The highest BCUT2D eigenvalue weighted by Crippen LogP contribution is 2.25. The fourth-order valence-corrected chi connectivity index (χ4v) is 3.23. The Morgan fingerprint density at radius 3 is 2.38 bits per heavy atom. The molecule has 1 aliphatic carbocycles. The maximum atomic E-state index is 12.0. The van der Waals surface area contributed by atoms with Crippen molar-refractivity contribution in [2.75, 3.05) is 13.2 Å². The number of ether oxygens (including phenoxy) is 1. The zero-order valence-electron chi connectivity index (χ0n) is 13.5. The minimum absolute atomic E-state index is 0.204. The predicted octanol–water partition coefficient (Wildman–Crippen LogP) is 3.69. The van der Waals surface area contributed by atoms with Gasteiger partial charge in [-0.2, -0.15) is 0 Å². The lowest BCUT2D eigenvalue weighted by Gasteiger charge is -2.21. The molecule has 0 aromatic heterocycles. The number of benzene rings is 1. The Balaban J connectivity index is 1.76. The molecule has 1 aromatic carbocycles. The summed E-state index contributed by atoms with van der Waals surface area (Å²) in [5.41, 5.74) is 3.57. The summed E-state index contributed by atoms with van der Waals surface area (Å²) in [4.78, 5) is 12.0. The highest BCUT2D eigenvalue weighted by Gasteiger charge is 2.20. The maximum Gasteiger partial charge on any atom is 0.223 e. The summed E-state index contributed by atoms with van der Waals surface area (Å²) in [6.45, 7) is 7.34. The first kappa shape index (κ1) is 15.9. The van der Waals surface area contributed by atoms with Crippen LogP contribution in [0.3, 0.4) is 0 Å². The molecule has 0 saturated heterocycles. The number of hydrogen-bond donors (Lipinski definition) is 1. The summed E-state index contributed by atoms with van der Waals surface area (Å²) in [5, 5.41) is 3.01. The Morgan fingerprint density at radius 2 is 1.76 bits per heavy atom. The fourth-order valence-electron chi connectivity index (χ4n) is 3.23. The van der Waals surface area contributed by atoms with Crippen LogP contribution in [-0.2, 0) is 4.79 Å². The number of rotatable bonds is 5. The Hall–Kier alpha value is -1.51. The molecule has 1 N–H and O–H groups in total. The summed E-state index contributed by atoms with van der Waals surface area (Å²) < 4.78 is 5.85. The zero-order valence-corrected chi connectivity index (χ0v) is 13.5. The van der Waals surface area contributed by atoms with Crippen LogP contribution in [-0.4, -0.2) is 19.1 Å². The molecule has 1 aliphatic rings. The highest BCUT2D eigenvalue weighted by atomic mass is 16.5. The van der Waals surface area contributed by atoms with Crippen molar-refractivity contribution >= 4 is 5.91 Å². The van der Waals surface area contributed by atoms with Crippen molar-refractivity contribution in [2.24, 2.45) is 5.92 Å². The van der Waals surface area contributed by atoms with Gasteiger partial charge in [0.1, 0.15) is 12.4 Å². The lowest BCUT2D eigenvalue weighted by atomic mass is 9.89. The Labute approximate surface area is 128 Å². The van der Waals surface area contributed by atoms with E-state index in [0.29, 0.717) is 13.2 Å². The fraction of sp³-hybridized carbons (Fsp3) is 0.611. The Bertz CT molecular complexity index is 467. The van der Waals surface area contributed by atoms with Crippen molar-refractivity contribution in [3.8, 4) is 5.75 Å². The number of nitrogens with one attached hydrogen (secondary N) is 1. The van der Waals surface area contributed by atoms with E-state index in [-0.39, 0.29) is 11.8 Å². The second-order valence-corrected chi connectivity index (χ2v) is 6.20. The number of carbonyl (C=O) groups is 1. The van der Waals surface area contributed by atoms with Gasteiger partial charge in [-0.1, -0.05) is 37.0 Å². The molecule has 0 bridgehead atoms. The molecule has 0 atom stereocenters. The van der Waals surface area contributed by atoms with Crippen LogP contribution in [0.25, 0.3) is 0 Å². The minimum Gasteiger partial charge on any atom is -0.491 e. The topological polar surface area (TPSA) is 38.3 Å². The van der Waals surface area contributed by atoms with Gasteiger partial charge in [0, 0.05) is 5.92 Å². The van der Waals surface area contributed by atoms with Gasteiger partial charge < -0.3 is 10.1 Å². The second kappa shape index (κ2) is 7.48. The molecular formula is C18H27NO2. The van der Waals surface area contributed by atoms with Crippen molar-refractivity contribution in [3.63, 3.8) is 0 Å². The van der Waals surface area contributed by atoms with Crippen molar-refractivity contribution in [2.45, 2.75) is 52.9 Å². The molecule has 0 spiro atoms. The van der Waals surface area contributed by atoms with E-state index < -0.39 is 0 Å². The third-order valence-electron chi connectivity index (χ3n) is 4.23. The molecule has 1 fully saturated rings. The summed E-state index contributed by atoms with van der Waals surface area (Å²) in [5.74, 6) is 1.38. The number of amides is 1. The average Bonchev–Trinajstić information content (AvgIpc) is 2.46. The van der Waals surface area contributed by atoms with Crippen molar-refractivity contribution < 1.29 is 9.53 Å². The zero-order chi connectivity index (χ0) is 15.2. The van der Waals surface area contributed by atoms with E-state index in [1.807, 2.05) is 0 Å². The van der Waals surface area contributed by atoms with Gasteiger partial charge in [-0.05, 0) is 44.7 Å². The van der Waals surface area contributed by atoms with Crippen molar-refractivity contribution in [3.05, 3.63) is 28.8 Å². The summed E-state index contributed by atoms with van der Waals surface area (Å²) >= 11 is 0. The molecule has 2 rings (SSSR count). The van der Waals surface area contributed by atoms with Gasteiger partial charge in [0.05, 0.1) is 6.54 Å². The van der Waals surface area contributed by atoms with Crippen LogP contribution in [0.2, 0.25) is 0 Å². The third kappa shape index (κ3) is 4.48. The van der Waals surface area contributed by atoms with Crippen LogP contribution >= 0.6 is 0 Å². The largest absolute Gasteiger partial charge is 0.491 e.